The van der Waals surface area contributed by atoms with E-state index < -0.39 is 0 Å². The van der Waals surface area contributed by atoms with Crippen LogP contribution in [0.2, 0.25) is 0 Å². The van der Waals surface area contributed by atoms with Gasteiger partial charge in [-0.2, -0.15) is 0 Å². The zero-order valence-corrected chi connectivity index (χ0v) is 18.9. The van der Waals surface area contributed by atoms with E-state index in [9.17, 15) is 4.79 Å². The molecule has 1 saturated heterocycles. The summed E-state index contributed by atoms with van der Waals surface area (Å²) in [7, 11) is 0. The number of hydrogen-bond donors (Lipinski definition) is 1. The Morgan fingerprint density at radius 3 is 2.43 bits per heavy atom. The molecule has 0 unspecified atom stereocenters. The maximum atomic E-state index is 12.5. The van der Waals surface area contributed by atoms with Crippen LogP contribution in [0.1, 0.15) is 50.3 Å². The van der Waals surface area contributed by atoms with Crippen molar-refractivity contribution in [3.05, 3.63) is 58.0 Å². The molecule has 1 fully saturated rings. The van der Waals surface area contributed by atoms with Gasteiger partial charge in [0.25, 0.3) is 5.91 Å². The second kappa shape index (κ2) is 9.85. The van der Waals surface area contributed by atoms with Crippen LogP contribution in [0.5, 0.6) is 11.5 Å². The predicted molar refractivity (Wildman–Crippen MR) is 125 cm³/mol. The van der Waals surface area contributed by atoms with Gasteiger partial charge in [0.1, 0.15) is 11.5 Å². The first-order valence-corrected chi connectivity index (χ1v) is 11.0. The molecule has 2 aromatic carbocycles. The number of carbonyl (C=O) groups excluding carboxylic acids is 1. The first-order chi connectivity index (χ1) is 14.4. The number of amides is 1. The number of aliphatic imine (C=N–C) groups is 1. The van der Waals surface area contributed by atoms with Gasteiger partial charge >= 0.3 is 0 Å². The minimum absolute atomic E-state index is 0.135. The Morgan fingerprint density at radius 2 is 1.80 bits per heavy atom. The fraction of sp³-hybridized carbons (Fsp3) is 0.333. The third kappa shape index (κ3) is 5.25. The zero-order valence-electron chi connectivity index (χ0n) is 18.1. The minimum atomic E-state index is -0.135. The monoisotopic (exact) mass is 424 g/mol. The van der Waals surface area contributed by atoms with Crippen molar-refractivity contribution in [2.75, 3.05) is 13.2 Å². The Kier molecular flexibility index (Phi) is 7.21. The lowest BCUT2D eigenvalue weighted by Gasteiger charge is -2.16. The van der Waals surface area contributed by atoms with E-state index in [1.165, 1.54) is 11.8 Å². The molecule has 0 aliphatic carbocycles. The SMILES string of the molecule is CCOc1ccc(N=C2NC(=O)/C(=C\c3cc(C(C)C)c(OCC)cc3C)S2)cc1. The molecule has 3 rings (SSSR count). The number of thioether (sulfide) groups is 1. The molecule has 30 heavy (non-hydrogen) atoms. The van der Waals surface area contributed by atoms with Crippen molar-refractivity contribution in [3.8, 4) is 11.5 Å². The van der Waals surface area contributed by atoms with E-state index in [1.807, 2.05) is 51.1 Å². The number of ether oxygens (including phenoxy) is 2. The summed E-state index contributed by atoms with van der Waals surface area (Å²) in [5.41, 5.74) is 3.99. The highest BCUT2D eigenvalue weighted by Gasteiger charge is 2.24. The van der Waals surface area contributed by atoms with Crippen LogP contribution in [-0.2, 0) is 4.79 Å². The Labute approximate surface area is 182 Å². The molecule has 2 aromatic rings. The van der Waals surface area contributed by atoms with E-state index in [4.69, 9.17) is 9.47 Å². The molecule has 1 aliphatic heterocycles. The van der Waals surface area contributed by atoms with Crippen LogP contribution in [0, 0.1) is 6.92 Å². The summed E-state index contributed by atoms with van der Waals surface area (Å²) in [6.07, 6.45) is 1.93. The summed E-state index contributed by atoms with van der Waals surface area (Å²) in [5.74, 6) is 1.90. The quantitative estimate of drug-likeness (QED) is 0.570. The second-order valence-electron chi connectivity index (χ2n) is 7.24. The Morgan fingerprint density at radius 1 is 1.10 bits per heavy atom. The second-order valence-corrected chi connectivity index (χ2v) is 8.27. The van der Waals surface area contributed by atoms with Crippen LogP contribution < -0.4 is 14.8 Å². The fourth-order valence-corrected chi connectivity index (χ4v) is 3.96. The average Bonchev–Trinajstić information content (AvgIpc) is 3.04. The third-order valence-corrected chi connectivity index (χ3v) is 5.55. The number of benzene rings is 2. The highest BCUT2D eigenvalue weighted by atomic mass is 32.2. The van der Waals surface area contributed by atoms with Crippen LogP contribution in [0.4, 0.5) is 5.69 Å². The van der Waals surface area contributed by atoms with Crippen molar-refractivity contribution >= 4 is 34.6 Å². The summed E-state index contributed by atoms with van der Waals surface area (Å²) in [6.45, 7) is 11.5. The number of nitrogens with one attached hydrogen (secondary N) is 1. The predicted octanol–water partition coefficient (Wildman–Crippen LogP) is 5.81. The van der Waals surface area contributed by atoms with Gasteiger partial charge in [-0.3, -0.25) is 4.79 Å². The van der Waals surface area contributed by atoms with Crippen molar-refractivity contribution in [3.63, 3.8) is 0 Å². The standard InChI is InChI=1S/C24H28N2O3S/c1-6-28-19-10-8-18(9-11-19)25-24-26-23(27)22(30-24)14-17-13-20(15(3)4)21(29-7-2)12-16(17)5/h8-15H,6-7H2,1-5H3,(H,25,26,27)/b22-14+. The minimum Gasteiger partial charge on any atom is -0.494 e. The average molecular weight is 425 g/mol. The van der Waals surface area contributed by atoms with Crippen LogP contribution in [0.3, 0.4) is 0 Å². The van der Waals surface area contributed by atoms with Crippen molar-refractivity contribution in [2.24, 2.45) is 4.99 Å². The molecule has 1 aliphatic rings. The molecule has 0 atom stereocenters. The van der Waals surface area contributed by atoms with E-state index in [0.29, 0.717) is 29.2 Å². The molecule has 1 N–H and O–H groups in total. The van der Waals surface area contributed by atoms with E-state index in [1.54, 1.807) is 0 Å². The maximum absolute atomic E-state index is 12.5. The molecule has 0 bridgehead atoms. The lowest BCUT2D eigenvalue weighted by molar-refractivity contribution is -0.115. The van der Waals surface area contributed by atoms with Gasteiger partial charge in [-0.15, -0.1) is 0 Å². The van der Waals surface area contributed by atoms with E-state index in [-0.39, 0.29) is 5.91 Å². The van der Waals surface area contributed by atoms with Gasteiger partial charge in [0.2, 0.25) is 0 Å². The topological polar surface area (TPSA) is 59.9 Å². The largest absolute Gasteiger partial charge is 0.494 e. The van der Waals surface area contributed by atoms with Crippen LogP contribution in [0.25, 0.3) is 6.08 Å². The molecule has 0 spiro atoms. The number of rotatable bonds is 7. The van der Waals surface area contributed by atoms with E-state index in [0.717, 1.165) is 33.9 Å². The highest BCUT2D eigenvalue weighted by molar-refractivity contribution is 8.18. The van der Waals surface area contributed by atoms with Crippen LogP contribution in [-0.4, -0.2) is 24.3 Å². The van der Waals surface area contributed by atoms with Gasteiger partial charge in [0, 0.05) is 0 Å². The van der Waals surface area contributed by atoms with Crippen LogP contribution in [0.15, 0.2) is 46.3 Å². The van der Waals surface area contributed by atoms with Crippen molar-refractivity contribution in [1.82, 2.24) is 5.32 Å². The van der Waals surface area contributed by atoms with Crippen molar-refractivity contribution in [2.45, 2.75) is 40.5 Å². The molecule has 158 valence electrons. The van der Waals surface area contributed by atoms with Gasteiger partial charge in [0.05, 0.1) is 23.8 Å². The third-order valence-electron chi connectivity index (χ3n) is 4.64. The first kappa shape index (κ1) is 22.0. The number of nitrogens with zero attached hydrogens (tertiary/aromatic N) is 1. The molecule has 0 saturated carbocycles. The number of carbonyl (C=O) groups is 1. The smallest absolute Gasteiger partial charge is 0.264 e. The summed E-state index contributed by atoms with van der Waals surface area (Å²) >= 11 is 1.35. The molecule has 0 aromatic heterocycles. The Bertz CT molecular complexity index is 979. The fourth-order valence-electron chi connectivity index (χ4n) is 3.13. The molecule has 6 heteroatoms. The number of amidine groups is 1. The summed E-state index contributed by atoms with van der Waals surface area (Å²) in [4.78, 5) is 17.7. The number of aryl methyl sites for hydroxylation is 1. The molecular weight excluding hydrogens is 396 g/mol. The Hall–Kier alpha value is -2.73. The van der Waals surface area contributed by atoms with Gasteiger partial charge in [0.15, 0.2) is 5.17 Å². The van der Waals surface area contributed by atoms with Gasteiger partial charge in [-0.1, -0.05) is 13.8 Å². The molecule has 0 radical (unpaired) electrons. The zero-order chi connectivity index (χ0) is 21.7. The molecular formula is C24H28N2O3S. The lowest BCUT2D eigenvalue weighted by Crippen LogP contribution is -2.19. The van der Waals surface area contributed by atoms with Crippen molar-refractivity contribution < 1.29 is 14.3 Å². The summed E-state index contributed by atoms with van der Waals surface area (Å²) < 4.78 is 11.3. The van der Waals surface area contributed by atoms with Gasteiger partial charge in [-0.25, -0.2) is 4.99 Å². The summed E-state index contributed by atoms with van der Waals surface area (Å²) in [5, 5.41) is 3.42. The molecule has 1 amide bonds. The molecule has 5 nitrogen and oxygen atoms in total. The van der Waals surface area contributed by atoms with E-state index in [2.05, 4.69) is 36.3 Å². The highest BCUT2D eigenvalue weighted by Crippen LogP contribution is 2.33. The van der Waals surface area contributed by atoms with Gasteiger partial charge in [-0.05, 0) is 97.6 Å². The Balaban J connectivity index is 1.84. The normalized spacial score (nSPS) is 16.4. The lowest BCUT2D eigenvalue weighted by atomic mass is 9.96. The van der Waals surface area contributed by atoms with Crippen molar-refractivity contribution in [1.29, 1.82) is 0 Å². The van der Waals surface area contributed by atoms with Crippen LogP contribution >= 0.6 is 11.8 Å². The summed E-state index contributed by atoms with van der Waals surface area (Å²) in [6, 6.07) is 11.7. The van der Waals surface area contributed by atoms with Gasteiger partial charge < -0.3 is 14.8 Å². The number of hydrogen-bond acceptors (Lipinski definition) is 5. The van der Waals surface area contributed by atoms with E-state index >= 15 is 0 Å². The molecule has 1 heterocycles. The first-order valence-electron chi connectivity index (χ1n) is 10.2. The maximum Gasteiger partial charge on any atom is 0.264 e.